The molecule has 0 atom stereocenters. The highest BCUT2D eigenvalue weighted by molar-refractivity contribution is 7.89. The van der Waals surface area contributed by atoms with E-state index in [0.29, 0.717) is 12.1 Å². The number of sulfonamides is 1. The van der Waals surface area contributed by atoms with Gasteiger partial charge in [-0.1, -0.05) is 42.0 Å². The first kappa shape index (κ1) is 21.7. The Morgan fingerprint density at radius 3 is 2.07 bits per heavy atom. The summed E-state index contributed by atoms with van der Waals surface area (Å²) in [4.78, 5) is 12.5. The number of aryl methyl sites for hydroxylation is 1. The number of nitrogens with one attached hydrogen (secondary N) is 1. The maximum absolute atomic E-state index is 12.9. The summed E-state index contributed by atoms with van der Waals surface area (Å²) in [5, 5.41) is 2.78. The van der Waals surface area contributed by atoms with Crippen molar-refractivity contribution in [2.75, 3.05) is 7.05 Å². The molecule has 156 valence electrons. The van der Waals surface area contributed by atoms with Crippen molar-refractivity contribution in [2.45, 2.75) is 24.9 Å². The molecule has 3 rings (SSSR count). The highest BCUT2D eigenvalue weighted by Crippen LogP contribution is 2.17. The average molecular weight is 427 g/mol. The van der Waals surface area contributed by atoms with Crippen molar-refractivity contribution in [3.8, 4) is 0 Å². The molecule has 0 aliphatic heterocycles. The molecule has 1 amide bonds. The van der Waals surface area contributed by atoms with E-state index in [2.05, 4.69) is 5.32 Å². The lowest BCUT2D eigenvalue weighted by Gasteiger charge is -2.17. The lowest BCUT2D eigenvalue weighted by atomic mass is 10.1. The maximum atomic E-state index is 12.9. The van der Waals surface area contributed by atoms with E-state index in [4.69, 9.17) is 0 Å². The highest BCUT2D eigenvalue weighted by atomic mass is 32.2. The van der Waals surface area contributed by atoms with Crippen LogP contribution >= 0.6 is 0 Å². The number of nitrogens with zero attached hydrogens (tertiary/aromatic N) is 1. The van der Waals surface area contributed by atoms with Crippen LogP contribution in [0, 0.1) is 12.7 Å². The number of hydrogen-bond donors (Lipinski definition) is 1. The monoisotopic (exact) mass is 426 g/mol. The molecule has 0 saturated carbocycles. The zero-order valence-electron chi connectivity index (χ0n) is 16.8. The van der Waals surface area contributed by atoms with Crippen LogP contribution in [0.3, 0.4) is 0 Å². The molecule has 0 bridgehead atoms. The Kier molecular flexibility index (Phi) is 6.64. The summed E-state index contributed by atoms with van der Waals surface area (Å²) in [5.41, 5.74) is 3.02. The molecule has 30 heavy (non-hydrogen) atoms. The molecule has 3 aromatic carbocycles. The fraction of sp³-hybridized carbons (Fsp3) is 0.174. The smallest absolute Gasteiger partial charge is 0.251 e. The van der Waals surface area contributed by atoms with E-state index in [0.717, 1.165) is 16.7 Å². The first-order valence-corrected chi connectivity index (χ1v) is 10.8. The third-order valence-electron chi connectivity index (χ3n) is 4.72. The molecule has 5 nitrogen and oxygen atoms in total. The lowest BCUT2D eigenvalue weighted by molar-refractivity contribution is 0.0951. The summed E-state index contributed by atoms with van der Waals surface area (Å²) in [5.74, 6) is -0.582. The van der Waals surface area contributed by atoms with E-state index >= 15 is 0 Å². The molecule has 1 N–H and O–H groups in total. The van der Waals surface area contributed by atoms with Crippen LogP contribution < -0.4 is 5.32 Å². The molecule has 0 saturated heterocycles. The van der Waals surface area contributed by atoms with E-state index in [1.807, 2.05) is 6.92 Å². The van der Waals surface area contributed by atoms with Gasteiger partial charge < -0.3 is 5.32 Å². The molecular formula is C23H23FN2O3S. The van der Waals surface area contributed by atoms with E-state index in [-0.39, 0.29) is 23.2 Å². The fourth-order valence-corrected chi connectivity index (χ4v) is 4.04. The predicted molar refractivity (Wildman–Crippen MR) is 114 cm³/mol. The maximum Gasteiger partial charge on any atom is 0.251 e. The van der Waals surface area contributed by atoms with Crippen LogP contribution in [0.2, 0.25) is 0 Å². The Hall–Kier alpha value is -3.03. The summed E-state index contributed by atoms with van der Waals surface area (Å²) >= 11 is 0. The van der Waals surface area contributed by atoms with Gasteiger partial charge in [0.2, 0.25) is 10.0 Å². The molecule has 0 unspecified atom stereocenters. The summed E-state index contributed by atoms with van der Waals surface area (Å²) in [6.07, 6.45) is 0. The van der Waals surface area contributed by atoms with Crippen LogP contribution in [0.5, 0.6) is 0 Å². The van der Waals surface area contributed by atoms with Gasteiger partial charge in [0.1, 0.15) is 5.82 Å². The Labute approximate surface area is 176 Å². The molecule has 0 spiro atoms. The second kappa shape index (κ2) is 9.19. The molecule has 0 aliphatic carbocycles. The zero-order valence-corrected chi connectivity index (χ0v) is 17.6. The van der Waals surface area contributed by atoms with Crippen LogP contribution in [0.15, 0.2) is 77.7 Å². The van der Waals surface area contributed by atoms with Gasteiger partial charge in [-0.15, -0.1) is 0 Å². The minimum atomic E-state index is -3.60. The number of benzene rings is 3. The fourth-order valence-electron chi connectivity index (χ4n) is 2.88. The molecule has 0 aromatic heterocycles. The number of rotatable bonds is 7. The van der Waals surface area contributed by atoms with Crippen molar-refractivity contribution in [3.63, 3.8) is 0 Å². The van der Waals surface area contributed by atoms with Crippen LogP contribution in [-0.4, -0.2) is 25.7 Å². The van der Waals surface area contributed by atoms with Gasteiger partial charge in [-0.25, -0.2) is 12.8 Å². The Morgan fingerprint density at radius 1 is 0.900 bits per heavy atom. The third-order valence-corrected chi connectivity index (χ3v) is 6.53. The summed E-state index contributed by atoms with van der Waals surface area (Å²) in [7, 11) is -2.07. The molecule has 0 heterocycles. The molecule has 0 aliphatic rings. The lowest BCUT2D eigenvalue weighted by Crippen LogP contribution is -2.26. The second-order valence-corrected chi connectivity index (χ2v) is 9.13. The van der Waals surface area contributed by atoms with Gasteiger partial charge in [-0.3, -0.25) is 4.79 Å². The first-order chi connectivity index (χ1) is 14.3. The molecule has 3 aromatic rings. The van der Waals surface area contributed by atoms with Gasteiger partial charge >= 0.3 is 0 Å². The Morgan fingerprint density at radius 2 is 1.47 bits per heavy atom. The molecule has 0 radical (unpaired) electrons. The number of hydrogen-bond acceptors (Lipinski definition) is 3. The van der Waals surface area contributed by atoms with Crippen molar-refractivity contribution in [1.29, 1.82) is 0 Å². The minimum Gasteiger partial charge on any atom is -0.348 e. The van der Waals surface area contributed by atoms with E-state index in [1.54, 1.807) is 60.7 Å². The predicted octanol–water partition coefficient (Wildman–Crippen LogP) is 3.88. The average Bonchev–Trinajstić information content (AvgIpc) is 2.74. The van der Waals surface area contributed by atoms with Gasteiger partial charge in [0.15, 0.2) is 0 Å². The van der Waals surface area contributed by atoms with Crippen LogP contribution in [0.1, 0.15) is 27.0 Å². The normalized spacial score (nSPS) is 11.5. The topological polar surface area (TPSA) is 66.5 Å². The van der Waals surface area contributed by atoms with Crippen LogP contribution in [0.4, 0.5) is 4.39 Å². The SMILES string of the molecule is Cc1ccc(S(=O)(=O)N(C)Cc2ccc(C(=O)NCc3ccc(F)cc3)cc2)cc1. The van der Waals surface area contributed by atoms with E-state index in [9.17, 15) is 17.6 Å². The Bertz CT molecular complexity index is 1110. The summed E-state index contributed by atoms with van der Waals surface area (Å²) < 4.78 is 39.6. The van der Waals surface area contributed by atoms with E-state index < -0.39 is 10.0 Å². The van der Waals surface area contributed by atoms with Gasteiger partial charge in [0.25, 0.3) is 5.91 Å². The quantitative estimate of drug-likeness (QED) is 0.623. The molecule has 0 fully saturated rings. The van der Waals surface area contributed by atoms with Crippen molar-refractivity contribution < 1.29 is 17.6 Å². The van der Waals surface area contributed by atoms with Gasteiger partial charge in [0.05, 0.1) is 4.90 Å². The molecular weight excluding hydrogens is 403 g/mol. The highest BCUT2D eigenvalue weighted by Gasteiger charge is 2.20. The van der Waals surface area contributed by atoms with Gasteiger partial charge in [0, 0.05) is 25.7 Å². The van der Waals surface area contributed by atoms with Crippen molar-refractivity contribution in [1.82, 2.24) is 9.62 Å². The first-order valence-electron chi connectivity index (χ1n) is 9.40. The van der Waals surface area contributed by atoms with Gasteiger partial charge in [-0.05, 0) is 54.4 Å². The third kappa shape index (κ3) is 5.31. The van der Waals surface area contributed by atoms with Crippen molar-refractivity contribution in [2.24, 2.45) is 0 Å². The number of halogens is 1. The Balaban J connectivity index is 1.61. The molecule has 7 heteroatoms. The summed E-state index contributed by atoms with van der Waals surface area (Å²) in [6.45, 7) is 2.38. The zero-order chi connectivity index (χ0) is 21.7. The van der Waals surface area contributed by atoms with Crippen LogP contribution in [0.25, 0.3) is 0 Å². The van der Waals surface area contributed by atoms with Gasteiger partial charge in [-0.2, -0.15) is 4.31 Å². The van der Waals surface area contributed by atoms with Crippen molar-refractivity contribution in [3.05, 3.63) is 101 Å². The second-order valence-electron chi connectivity index (χ2n) is 7.08. The number of carbonyl (C=O) groups excluding carboxylic acids is 1. The minimum absolute atomic E-state index is 0.188. The summed E-state index contributed by atoms with van der Waals surface area (Å²) in [6, 6.07) is 19.4. The number of carbonyl (C=O) groups is 1. The van der Waals surface area contributed by atoms with E-state index in [1.165, 1.54) is 23.5 Å². The standard InChI is InChI=1S/C23H23FN2O3S/c1-17-3-13-22(14-4-17)30(28,29)26(2)16-19-5-9-20(10-6-19)23(27)25-15-18-7-11-21(24)12-8-18/h3-14H,15-16H2,1-2H3,(H,25,27). The van der Waals surface area contributed by atoms with Crippen molar-refractivity contribution >= 4 is 15.9 Å². The largest absolute Gasteiger partial charge is 0.348 e. The number of amides is 1. The van der Waals surface area contributed by atoms with Crippen LogP contribution in [-0.2, 0) is 23.1 Å².